The summed E-state index contributed by atoms with van der Waals surface area (Å²) >= 11 is 0. The zero-order valence-corrected chi connectivity index (χ0v) is 42.0. The van der Waals surface area contributed by atoms with Crippen molar-refractivity contribution in [2.24, 2.45) is 11.3 Å². The van der Waals surface area contributed by atoms with Crippen LogP contribution in [0.25, 0.3) is 6.08 Å². The number of ketones is 3. The Morgan fingerprint density at radius 1 is 0.764 bits per heavy atom. The topological polar surface area (TPSA) is 248 Å². The Hall–Kier alpha value is -6.59. The molecule has 17 nitrogen and oxygen atoms in total. The molecule has 2 aromatic carbocycles. The van der Waals surface area contributed by atoms with E-state index >= 15 is 0 Å². The van der Waals surface area contributed by atoms with Gasteiger partial charge in [-0.3, -0.25) is 38.5 Å². The van der Waals surface area contributed by atoms with Crippen LogP contribution in [0.2, 0.25) is 0 Å². The molecule has 1 aromatic heterocycles. The third-order valence-corrected chi connectivity index (χ3v) is 12.7. The number of para-hydroxylation sites is 1. The Morgan fingerprint density at radius 3 is 2.22 bits per heavy atom. The van der Waals surface area contributed by atoms with Crippen LogP contribution in [0, 0.1) is 18.3 Å². The first-order chi connectivity index (χ1) is 34.8. The molecule has 0 bridgehead atoms. The fourth-order valence-electron chi connectivity index (χ4n) is 8.56. The van der Waals surface area contributed by atoms with Gasteiger partial charge in [0.1, 0.15) is 11.6 Å². The van der Waals surface area contributed by atoms with Crippen molar-refractivity contribution in [1.29, 1.82) is 0 Å². The Kier molecular flexibility index (Phi) is 26.1. The average molecular weight is 995 g/mol. The second-order valence-corrected chi connectivity index (χ2v) is 18.4. The maximum absolute atomic E-state index is 14.4. The average Bonchev–Trinajstić information content (AvgIpc) is 3.37. The predicted octanol–water partition coefficient (Wildman–Crippen LogP) is 7.71. The SMILES string of the molecule is CCC(=O)CCCOCCOCCNC(=O)C1(CC(=O)[C@H](CCCC(=O)O)NC(=O)[C@H](CCCCNC(=O)/C=C/c2cccnc2)CC(=O)Cc2ccc(NC(=O)Nc3ccccc3C)cc2)CCCCC1. The number of carboxylic acids is 1. The van der Waals surface area contributed by atoms with Crippen LogP contribution in [-0.2, 0) is 49.5 Å². The molecule has 1 saturated carbocycles. The highest BCUT2D eigenvalue weighted by molar-refractivity contribution is 6.00. The lowest BCUT2D eigenvalue weighted by atomic mass is 9.69. The Morgan fingerprint density at radius 2 is 1.51 bits per heavy atom. The summed E-state index contributed by atoms with van der Waals surface area (Å²) in [7, 11) is 0. The minimum Gasteiger partial charge on any atom is -0.481 e. The highest BCUT2D eigenvalue weighted by Crippen LogP contribution is 2.40. The molecule has 390 valence electrons. The Bertz CT molecular complexity index is 2250. The fourth-order valence-corrected chi connectivity index (χ4v) is 8.56. The Balaban J connectivity index is 1.40. The van der Waals surface area contributed by atoms with E-state index in [-0.39, 0.29) is 87.3 Å². The summed E-state index contributed by atoms with van der Waals surface area (Å²) in [5, 5.41) is 23.8. The number of urea groups is 1. The number of carboxylic acid groups (broad SMARTS) is 1. The minimum absolute atomic E-state index is 0.00148. The van der Waals surface area contributed by atoms with E-state index in [1.165, 1.54) is 6.08 Å². The number of nitrogens with one attached hydrogen (secondary N) is 5. The summed E-state index contributed by atoms with van der Waals surface area (Å²) in [5.41, 5.74) is 2.51. The van der Waals surface area contributed by atoms with Crippen LogP contribution in [0.3, 0.4) is 0 Å². The van der Waals surface area contributed by atoms with E-state index in [9.17, 15) is 43.5 Å². The third kappa shape index (κ3) is 22.2. The number of nitrogens with zero attached hydrogens (tertiary/aromatic N) is 1. The zero-order chi connectivity index (χ0) is 52.0. The maximum atomic E-state index is 14.4. The second-order valence-electron chi connectivity index (χ2n) is 18.4. The second kappa shape index (κ2) is 32.4. The van der Waals surface area contributed by atoms with Gasteiger partial charge in [0.05, 0.1) is 31.3 Å². The first-order valence-corrected chi connectivity index (χ1v) is 25.4. The molecule has 72 heavy (non-hydrogen) atoms. The number of rotatable bonds is 34. The lowest BCUT2D eigenvalue weighted by Gasteiger charge is -2.36. The number of carbonyl (C=O) groups excluding carboxylic acids is 7. The molecule has 4 rings (SSSR count). The summed E-state index contributed by atoms with van der Waals surface area (Å²) in [6, 6.07) is 16.3. The number of unbranched alkanes of at least 4 members (excludes halogenated alkanes) is 1. The summed E-state index contributed by atoms with van der Waals surface area (Å²) in [5.74, 6) is -3.43. The van der Waals surface area contributed by atoms with Gasteiger partial charge in [-0.2, -0.15) is 0 Å². The largest absolute Gasteiger partial charge is 0.481 e. The molecule has 17 heteroatoms. The first kappa shape index (κ1) is 58.0. The van der Waals surface area contributed by atoms with Crippen LogP contribution < -0.4 is 26.6 Å². The quantitative estimate of drug-likeness (QED) is 0.0249. The van der Waals surface area contributed by atoms with Crippen molar-refractivity contribution in [3.63, 3.8) is 0 Å². The number of hydrogen-bond donors (Lipinski definition) is 6. The number of ether oxygens (including phenoxy) is 2. The minimum atomic E-state index is -1.10. The van der Waals surface area contributed by atoms with Gasteiger partial charge in [0.2, 0.25) is 17.7 Å². The van der Waals surface area contributed by atoms with Crippen molar-refractivity contribution in [3.05, 3.63) is 95.8 Å². The molecular formula is C55H74N6O11. The molecule has 1 heterocycles. The number of pyridine rings is 1. The number of hydrogen-bond acceptors (Lipinski definition) is 11. The molecule has 0 spiro atoms. The van der Waals surface area contributed by atoms with Crippen molar-refractivity contribution in [3.8, 4) is 0 Å². The smallest absolute Gasteiger partial charge is 0.323 e. The van der Waals surface area contributed by atoms with E-state index in [1.807, 2.05) is 38.1 Å². The fraction of sp³-hybridized carbons (Fsp3) is 0.509. The first-order valence-electron chi connectivity index (χ1n) is 25.4. The summed E-state index contributed by atoms with van der Waals surface area (Å²) in [4.78, 5) is 109. The van der Waals surface area contributed by atoms with Crippen LogP contribution in [-0.4, -0.2) is 103 Å². The molecule has 0 aliphatic heterocycles. The molecule has 0 unspecified atom stereocenters. The van der Waals surface area contributed by atoms with Crippen molar-refractivity contribution in [2.45, 2.75) is 129 Å². The molecular weight excluding hydrogens is 921 g/mol. The van der Waals surface area contributed by atoms with Crippen LogP contribution >= 0.6 is 0 Å². The molecule has 5 amide bonds. The van der Waals surface area contributed by atoms with Gasteiger partial charge >= 0.3 is 12.0 Å². The monoisotopic (exact) mass is 995 g/mol. The standard InChI is InChI=1S/C55H74N6O11/c1-3-45(62)17-13-32-71-34-35-72-33-31-58-53(69)55(27-8-4-9-28-55)38-49(64)48(19-11-20-51(66)67)60-52(68)43(16-7-10-30-57-50(65)26-23-42-15-12-29-56-39-42)37-46(63)36-41-21-24-44(25-22-41)59-54(70)61-47-18-6-5-14-40(47)2/h5-6,12,14-15,18,21-26,29,39,43,48H,3-4,7-11,13,16-17,19-20,27-28,30-38H2,1-2H3,(H,57,65)(H,58,69)(H,60,68)(H,66,67)(H2,59,61,70)/b26-23+/t43-,48+/m1/s1. The Labute approximate surface area is 423 Å². The van der Waals surface area contributed by atoms with Gasteiger partial charge in [-0.1, -0.05) is 69.0 Å². The number of carbonyl (C=O) groups is 8. The van der Waals surface area contributed by atoms with Crippen LogP contribution in [0.1, 0.15) is 126 Å². The van der Waals surface area contributed by atoms with E-state index in [4.69, 9.17) is 9.47 Å². The zero-order valence-electron chi connectivity index (χ0n) is 42.0. The molecule has 3 aromatic rings. The lowest BCUT2D eigenvalue weighted by molar-refractivity contribution is -0.140. The van der Waals surface area contributed by atoms with Crippen LogP contribution in [0.4, 0.5) is 16.2 Å². The van der Waals surface area contributed by atoms with Gasteiger partial charge in [0, 0.05) is 94.0 Å². The maximum Gasteiger partial charge on any atom is 0.323 e. The number of Topliss-reactive ketones (excluding diaryl/α,β-unsaturated/α-hetero) is 3. The molecule has 6 N–H and O–H groups in total. The number of anilines is 2. The number of aryl methyl sites for hydroxylation is 1. The highest BCUT2D eigenvalue weighted by atomic mass is 16.5. The van der Waals surface area contributed by atoms with Gasteiger partial charge in [-0.15, -0.1) is 0 Å². The van der Waals surface area contributed by atoms with Crippen molar-refractivity contribution in [1.82, 2.24) is 20.9 Å². The molecule has 1 fully saturated rings. The van der Waals surface area contributed by atoms with Crippen molar-refractivity contribution < 1.29 is 52.9 Å². The normalized spacial score (nSPS) is 13.9. The van der Waals surface area contributed by atoms with Gasteiger partial charge in [-0.05, 0) is 98.9 Å². The lowest BCUT2D eigenvalue weighted by Crippen LogP contribution is -2.49. The van der Waals surface area contributed by atoms with E-state index in [2.05, 4.69) is 31.6 Å². The van der Waals surface area contributed by atoms with Gasteiger partial charge in [0.25, 0.3) is 0 Å². The van der Waals surface area contributed by atoms with Crippen molar-refractivity contribution in [2.75, 3.05) is 50.2 Å². The predicted molar refractivity (Wildman–Crippen MR) is 275 cm³/mol. The van der Waals surface area contributed by atoms with Gasteiger partial charge in [-0.25, -0.2) is 4.79 Å². The molecule has 2 atom stereocenters. The van der Waals surface area contributed by atoms with Gasteiger partial charge in [0.15, 0.2) is 5.78 Å². The van der Waals surface area contributed by atoms with E-state index < -0.39 is 35.3 Å². The summed E-state index contributed by atoms with van der Waals surface area (Å²) in [6.07, 6.45) is 12.1. The summed E-state index contributed by atoms with van der Waals surface area (Å²) in [6.45, 7) is 5.60. The van der Waals surface area contributed by atoms with Gasteiger partial charge < -0.3 is 41.2 Å². The van der Waals surface area contributed by atoms with Crippen LogP contribution in [0.5, 0.6) is 0 Å². The number of benzene rings is 2. The third-order valence-electron chi connectivity index (χ3n) is 12.7. The van der Waals surface area contributed by atoms with Crippen molar-refractivity contribution >= 4 is 64.5 Å². The molecule has 0 saturated heterocycles. The number of aliphatic carboxylic acids is 1. The summed E-state index contributed by atoms with van der Waals surface area (Å²) < 4.78 is 11.2. The van der Waals surface area contributed by atoms with Crippen LogP contribution in [0.15, 0.2) is 79.1 Å². The number of amides is 5. The van der Waals surface area contributed by atoms with E-state index in [1.54, 1.807) is 54.9 Å². The molecule has 0 radical (unpaired) electrons. The highest BCUT2D eigenvalue weighted by Gasteiger charge is 2.42. The molecule has 1 aliphatic carbocycles. The van der Waals surface area contributed by atoms with E-state index in [0.717, 1.165) is 30.4 Å². The van der Waals surface area contributed by atoms with E-state index in [0.29, 0.717) is 88.2 Å². The molecule has 1 aliphatic rings. The number of aromatic nitrogens is 1.